The van der Waals surface area contributed by atoms with Gasteiger partial charge in [0.15, 0.2) is 16.6 Å². The summed E-state index contributed by atoms with van der Waals surface area (Å²) < 4.78 is 49.6. The molecule has 450 valence electrons. The number of benzene rings is 4. The quantitative estimate of drug-likeness (QED) is 0.0652. The van der Waals surface area contributed by atoms with Crippen LogP contribution in [0, 0.1) is 5.41 Å². The third-order valence-electron chi connectivity index (χ3n) is 17.9. The molecule has 19 heteroatoms. The van der Waals surface area contributed by atoms with E-state index in [2.05, 4.69) is 113 Å². The van der Waals surface area contributed by atoms with Crippen molar-refractivity contribution < 1.29 is 46.9 Å². The van der Waals surface area contributed by atoms with Crippen LogP contribution in [0.5, 0.6) is 0 Å². The third-order valence-corrected chi connectivity index (χ3v) is 31.9. The average molecular weight is 1190 g/mol. The molecule has 3 amide bonds. The maximum absolute atomic E-state index is 15.3. The fraction of sp³-hybridized carbons (Fsp3) is 0.531. The fourth-order valence-corrected chi connectivity index (χ4v) is 17.9. The molecule has 5 aromatic rings. The van der Waals surface area contributed by atoms with Crippen LogP contribution in [-0.4, -0.2) is 118 Å². The van der Waals surface area contributed by atoms with Crippen molar-refractivity contribution in [3.63, 3.8) is 0 Å². The molecule has 16 nitrogen and oxygen atoms in total. The van der Waals surface area contributed by atoms with E-state index in [4.69, 9.17) is 32.2 Å². The molecular formula is C64H90N4O12Si3. The van der Waals surface area contributed by atoms with Crippen molar-refractivity contribution in [1.29, 1.82) is 0 Å². The highest BCUT2D eigenvalue weighted by Crippen LogP contribution is 2.44. The lowest BCUT2D eigenvalue weighted by atomic mass is 9.80. The molecule has 4 heterocycles. The first-order chi connectivity index (χ1) is 39.0. The summed E-state index contributed by atoms with van der Waals surface area (Å²) in [7, 11) is -7.77. The molecule has 3 fully saturated rings. The van der Waals surface area contributed by atoms with E-state index in [9.17, 15) is 14.7 Å². The molecule has 0 saturated carbocycles. The number of ether oxygens (including phenoxy) is 4. The van der Waals surface area contributed by atoms with Crippen LogP contribution >= 0.6 is 0 Å². The van der Waals surface area contributed by atoms with Crippen LogP contribution in [0.25, 0.3) is 0 Å². The average Bonchev–Trinajstić information content (AvgIpc) is 4.25. The Balaban J connectivity index is 1.15. The van der Waals surface area contributed by atoms with Crippen molar-refractivity contribution in [3.05, 3.63) is 165 Å². The van der Waals surface area contributed by atoms with Gasteiger partial charge >= 0.3 is 11.7 Å². The summed E-state index contributed by atoms with van der Waals surface area (Å²) in [4.78, 5) is 62.8. The van der Waals surface area contributed by atoms with Gasteiger partial charge in [-0.2, -0.15) is 0 Å². The Hall–Kier alpha value is -5.17. The lowest BCUT2D eigenvalue weighted by molar-refractivity contribution is -0.155. The Bertz CT molecular complexity index is 3070. The Morgan fingerprint density at radius 1 is 0.614 bits per heavy atom. The van der Waals surface area contributed by atoms with E-state index in [1.807, 2.05) is 97.1 Å². The van der Waals surface area contributed by atoms with E-state index in [1.165, 1.54) is 15.7 Å². The summed E-state index contributed by atoms with van der Waals surface area (Å²) in [6, 6.07) is 38.6. The van der Waals surface area contributed by atoms with Crippen LogP contribution in [-0.2, 0) is 63.4 Å². The molecule has 1 N–H and O–H groups in total. The van der Waals surface area contributed by atoms with E-state index < -0.39 is 104 Å². The van der Waals surface area contributed by atoms with Gasteiger partial charge in [-0.25, -0.2) is 19.1 Å². The largest absolute Gasteiger partial charge is 0.414 e. The lowest BCUT2D eigenvalue weighted by Gasteiger charge is -2.46. The molecule has 8 rings (SSSR count). The number of hydrogen-bond acceptors (Lipinski definition) is 12. The van der Waals surface area contributed by atoms with E-state index in [0.717, 1.165) is 31.0 Å². The van der Waals surface area contributed by atoms with Crippen molar-refractivity contribution in [2.24, 2.45) is 5.41 Å². The van der Waals surface area contributed by atoms with Gasteiger partial charge in [0.25, 0.3) is 13.9 Å². The minimum Gasteiger partial charge on any atom is -0.414 e. The molecule has 1 aromatic heterocycles. The van der Waals surface area contributed by atoms with Gasteiger partial charge < -0.3 is 37.3 Å². The minimum atomic E-state index is -3.08. The molecule has 0 aliphatic carbocycles. The smallest absolute Gasteiger partial charge is 0.335 e. The highest BCUT2D eigenvalue weighted by atomic mass is 28.4. The number of carbonyl (C=O) groups excluding carboxylic acids is 2. The van der Waals surface area contributed by atoms with E-state index in [1.54, 1.807) is 6.92 Å². The second-order valence-electron chi connectivity index (χ2n) is 27.1. The first kappa shape index (κ1) is 63.8. The second-order valence-corrected chi connectivity index (χ2v) is 41.0. The molecule has 0 bridgehead atoms. The van der Waals surface area contributed by atoms with Crippen molar-refractivity contribution in [1.82, 2.24) is 18.9 Å². The zero-order valence-electron chi connectivity index (χ0n) is 51.4. The maximum atomic E-state index is 15.3. The normalized spacial score (nSPS) is 23.1. The molecule has 3 aliphatic rings. The summed E-state index contributed by atoms with van der Waals surface area (Å²) in [6.07, 6.45) is -3.17. The zero-order valence-corrected chi connectivity index (χ0v) is 54.4. The molecule has 3 aliphatic heterocycles. The Morgan fingerprint density at radius 3 is 1.63 bits per heavy atom. The SMILES string of the molecule is CC(C)(C)[Si](C)(C)OC[C@H]1O[C@@H](n2cc(C[C@]3(C)CN([C@H]4C[C@@H](O)[C@@H](CO[Si](c5ccccc5)(c5ccccc5)C(C)(C)C)O4)C(=O)N(COCc4ccccc4)C3=O)c(=O)n(COCc3ccccc3)c2=O)C[C@H]1O[Si](C)(C)C(C)(C)C. The summed E-state index contributed by atoms with van der Waals surface area (Å²) in [5, 5.41) is 13.5. The predicted molar refractivity (Wildman–Crippen MR) is 330 cm³/mol. The third kappa shape index (κ3) is 14.1. The maximum Gasteiger partial charge on any atom is 0.335 e. The van der Waals surface area contributed by atoms with Crippen LogP contribution < -0.4 is 21.6 Å². The standard InChI is InChI=1S/C64H90N4O12Si3/c1-61(2,3)81(11,12)76-42-54-52(80-82(13,14)62(4,5)6)36-56(79-54)65-38-48(57(70)67(59(65)72)44-74-39-46-27-19-15-20-28-46)37-64(10)43-66(60(73)68(58(64)71)45-75-40-47-29-21-16-22-30-47)55-35-51(69)53(78-55)41-77-83(63(7,8)9,49-31-23-17-24-32-49)50-33-25-18-26-34-50/h15-34,38,51-56,69H,35-37,39-45H2,1-14H3/t51-,52-,53-,54-,55-,56-,64-/m1/s1. The van der Waals surface area contributed by atoms with Gasteiger partial charge in [0.05, 0.1) is 44.1 Å². The second kappa shape index (κ2) is 25.4. The molecule has 0 spiro atoms. The number of aromatic nitrogens is 2. The number of carbonyl (C=O) groups is 2. The van der Waals surface area contributed by atoms with Gasteiger partial charge in [-0.1, -0.05) is 184 Å². The summed E-state index contributed by atoms with van der Waals surface area (Å²) in [5.41, 5.74) is -0.994. The van der Waals surface area contributed by atoms with E-state index >= 15 is 9.59 Å². The Morgan fingerprint density at radius 2 is 1.11 bits per heavy atom. The monoisotopic (exact) mass is 1190 g/mol. The predicted octanol–water partition coefficient (Wildman–Crippen LogP) is 9.92. The van der Waals surface area contributed by atoms with Crippen molar-refractivity contribution in [2.45, 2.75) is 187 Å². The summed E-state index contributed by atoms with van der Waals surface area (Å²) >= 11 is 0. The van der Waals surface area contributed by atoms with Gasteiger partial charge in [-0.3, -0.25) is 19.1 Å². The molecule has 0 unspecified atom stereocenters. The molecular weight excluding hydrogens is 1100 g/mol. The van der Waals surface area contributed by atoms with Gasteiger partial charge in [0.1, 0.15) is 38.1 Å². The number of aliphatic hydroxyl groups excluding tert-OH is 1. The highest BCUT2D eigenvalue weighted by molar-refractivity contribution is 6.99. The van der Waals surface area contributed by atoms with Crippen LogP contribution in [0.4, 0.5) is 4.79 Å². The fourth-order valence-electron chi connectivity index (χ4n) is 11.0. The van der Waals surface area contributed by atoms with E-state index in [-0.39, 0.29) is 72.9 Å². The lowest BCUT2D eigenvalue weighted by Crippen LogP contribution is -2.67. The van der Waals surface area contributed by atoms with Gasteiger partial charge in [0, 0.05) is 31.1 Å². The number of imide groups is 1. The molecule has 7 atom stereocenters. The first-order valence-corrected chi connectivity index (χ1v) is 37.0. The number of rotatable bonds is 22. The molecule has 83 heavy (non-hydrogen) atoms. The Labute approximate surface area is 494 Å². The summed E-state index contributed by atoms with van der Waals surface area (Å²) in [5.74, 6) is -0.580. The number of urea groups is 1. The van der Waals surface area contributed by atoms with Crippen molar-refractivity contribution in [3.8, 4) is 0 Å². The molecule has 4 aromatic carbocycles. The van der Waals surface area contributed by atoms with Gasteiger partial charge in [-0.15, -0.1) is 0 Å². The van der Waals surface area contributed by atoms with Crippen LogP contribution in [0.3, 0.4) is 0 Å². The van der Waals surface area contributed by atoms with Crippen molar-refractivity contribution >= 4 is 47.3 Å². The minimum absolute atomic E-state index is 0.0226. The zero-order chi connectivity index (χ0) is 60.3. The number of amides is 3. The van der Waals surface area contributed by atoms with E-state index in [0.29, 0.717) is 0 Å². The number of hydrogen-bond donors (Lipinski definition) is 1. The number of aliphatic hydroxyl groups is 1. The van der Waals surface area contributed by atoms with Gasteiger partial charge in [0.2, 0.25) is 5.91 Å². The van der Waals surface area contributed by atoms with Crippen LogP contribution in [0.1, 0.15) is 105 Å². The van der Waals surface area contributed by atoms with Crippen LogP contribution in [0.2, 0.25) is 41.3 Å². The summed E-state index contributed by atoms with van der Waals surface area (Å²) in [6.45, 7) is 29.6. The Kier molecular flexibility index (Phi) is 19.6. The topological polar surface area (TPSA) is 169 Å². The van der Waals surface area contributed by atoms with Crippen molar-refractivity contribution in [2.75, 3.05) is 26.5 Å². The first-order valence-electron chi connectivity index (χ1n) is 29.2. The molecule has 0 radical (unpaired) electrons. The highest BCUT2D eigenvalue weighted by Gasteiger charge is 2.55. The molecule has 3 saturated heterocycles. The van der Waals surface area contributed by atoms with Gasteiger partial charge in [-0.05, 0) is 76.1 Å². The van der Waals surface area contributed by atoms with Crippen LogP contribution in [0.15, 0.2) is 137 Å². The number of nitrogens with zero attached hydrogens (tertiary/aromatic N) is 4.